The Morgan fingerprint density at radius 1 is 0.900 bits per heavy atom. The molecular formula is C18H32N2. The fourth-order valence-corrected chi connectivity index (χ4v) is 6.24. The van der Waals surface area contributed by atoms with Crippen molar-refractivity contribution in [2.45, 2.75) is 76.9 Å². The van der Waals surface area contributed by atoms with Gasteiger partial charge in [0.1, 0.15) is 0 Å². The maximum absolute atomic E-state index is 2.99. The average Bonchev–Trinajstić information content (AvgIpc) is 2.47. The summed E-state index contributed by atoms with van der Waals surface area (Å²) in [7, 11) is 0. The van der Waals surface area contributed by atoms with Crippen molar-refractivity contribution in [3.05, 3.63) is 0 Å². The first-order valence-corrected chi connectivity index (χ1v) is 9.25. The van der Waals surface area contributed by atoms with Crippen LogP contribution in [0.5, 0.6) is 0 Å². The van der Waals surface area contributed by atoms with Gasteiger partial charge < -0.3 is 0 Å². The molecule has 0 spiro atoms. The molecule has 0 amide bonds. The van der Waals surface area contributed by atoms with E-state index in [9.17, 15) is 0 Å². The Labute approximate surface area is 124 Å². The Kier molecular flexibility index (Phi) is 3.58. The van der Waals surface area contributed by atoms with Crippen LogP contribution in [0.4, 0.5) is 0 Å². The molecule has 4 aliphatic rings. The van der Waals surface area contributed by atoms with Crippen LogP contribution in [0.1, 0.15) is 58.8 Å². The summed E-state index contributed by atoms with van der Waals surface area (Å²) in [4.78, 5) is 5.89. The van der Waals surface area contributed by atoms with Crippen LogP contribution in [-0.4, -0.2) is 47.6 Å². The highest BCUT2D eigenvalue weighted by atomic mass is 15.3. The van der Waals surface area contributed by atoms with Gasteiger partial charge in [-0.3, -0.25) is 9.80 Å². The van der Waals surface area contributed by atoms with Crippen LogP contribution in [0.25, 0.3) is 0 Å². The first kappa shape index (κ1) is 13.6. The van der Waals surface area contributed by atoms with Crippen LogP contribution in [0, 0.1) is 17.8 Å². The molecule has 0 N–H and O–H groups in total. The lowest BCUT2D eigenvalue weighted by Gasteiger charge is -2.61. The van der Waals surface area contributed by atoms with Gasteiger partial charge in [-0.05, 0) is 62.9 Å². The fraction of sp³-hybridized carbons (Fsp3) is 1.00. The predicted molar refractivity (Wildman–Crippen MR) is 83.8 cm³/mol. The van der Waals surface area contributed by atoms with E-state index in [1.807, 2.05) is 0 Å². The largest absolute Gasteiger partial charge is 0.300 e. The molecule has 20 heavy (non-hydrogen) atoms. The molecule has 4 rings (SSSR count). The Bertz CT molecular complexity index is 351. The highest BCUT2D eigenvalue weighted by molar-refractivity contribution is 5.05. The molecule has 2 heteroatoms. The highest BCUT2D eigenvalue weighted by Gasteiger charge is 2.51. The SMILES string of the molecule is CC(C)C1C2CC(CN3CCCCC23)C2CCCCN21. The van der Waals surface area contributed by atoms with Crippen molar-refractivity contribution in [3.63, 3.8) is 0 Å². The standard InChI is InChI=1S/C18H32N2/c1-13(2)18-15-11-14(16-7-4-6-10-20(16)18)12-19-9-5-3-8-17(15)19/h13-18H,3-12H2,1-2H3. The average molecular weight is 276 g/mol. The molecule has 2 bridgehead atoms. The van der Waals surface area contributed by atoms with Gasteiger partial charge in [-0.1, -0.05) is 26.7 Å². The first-order chi connectivity index (χ1) is 9.75. The van der Waals surface area contributed by atoms with Crippen molar-refractivity contribution >= 4 is 0 Å². The molecule has 2 nitrogen and oxygen atoms in total. The van der Waals surface area contributed by atoms with Gasteiger partial charge in [0.05, 0.1) is 0 Å². The monoisotopic (exact) mass is 276 g/mol. The maximum Gasteiger partial charge on any atom is 0.0165 e. The minimum Gasteiger partial charge on any atom is -0.300 e. The van der Waals surface area contributed by atoms with Crippen LogP contribution in [-0.2, 0) is 0 Å². The van der Waals surface area contributed by atoms with Crippen molar-refractivity contribution in [1.29, 1.82) is 0 Å². The molecule has 4 fully saturated rings. The number of hydrogen-bond donors (Lipinski definition) is 0. The predicted octanol–water partition coefficient (Wildman–Crippen LogP) is 3.37. The quantitative estimate of drug-likeness (QED) is 0.724. The third-order valence-electron chi connectivity index (χ3n) is 6.84. The van der Waals surface area contributed by atoms with Crippen molar-refractivity contribution in [2.75, 3.05) is 19.6 Å². The van der Waals surface area contributed by atoms with Crippen LogP contribution in [0.2, 0.25) is 0 Å². The zero-order chi connectivity index (χ0) is 13.7. The zero-order valence-electron chi connectivity index (χ0n) is 13.4. The Morgan fingerprint density at radius 2 is 1.65 bits per heavy atom. The van der Waals surface area contributed by atoms with Crippen molar-refractivity contribution in [1.82, 2.24) is 9.80 Å². The van der Waals surface area contributed by atoms with E-state index in [4.69, 9.17) is 0 Å². The summed E-state index contributed by atoms with van der Waals surface area (Å²) < 4.78 is 0. The molecule has 0 radical (unpaired) electrons. The summed E-state index contributed by atoms with van der Waals surface area (Å²) >= 11 is 0. The van der Waals surface area contributed by atoms with E-state index in [1.165, 1.54) is 58.2 Å². The minimum absolute atomic E-state index is 0.837. The van der Waals surface area contributed by atoms with E-state index < -0.39 is 0 Å². The number of piperidine rings is 4. The highest BCUT2D eigenvalue weighted by Crippen LogP contribution is 2.47. The van der Waals surface area contributed by atoms with Gasteiger partial charge in [-0.25, -0.2) is 0 Å². The molecule has 4 heterocycles. The molecule has 5 unspecified atom stereocenters. The number of fused-ring (bicyclic) bond motifs is 6. The molecule has 0 aromatic rings. The smallest absolute Gasteiger partial charge is 0.0165 e. The Morgan fingerprint density at radius 3 is 2.45 bits per heavy atom. The van der Waals surface area contributed by atoms with Gasteiger partial charge in [0.2, 0.25) is 0 Å². The van der Waals surface area contributed by atoms with Crippen LogP contribution < -0.4 is 0 Å². The van der Waals surface area contributed by atoms with Gasteiger partial charge in [-0.15, -0.1) is 0 Å². The lowest BCUT2D eigenvalue weighted by Crippen LogP contribution is -2.68. The van der Waals surface area contributed by atoms with E-state index >= 15 is 0 Å². The third-order valence-corrected chi connectivity index (χ3v) is 6.84. The second-order valence-electron chi connectivity index (χ2n) is 8.25. The summed E-state index contributed by atoms with van der Waals surface area (Å²) in [5.41, 5.74) is 0. The first-order valence-electron chi connectivity index (χ1n) is 9.25. The van der Waals surface area contributed by atoms with E-state index in [1.54, 1.807) is 6.42 Å². The third kappa shape index (κ3) is 2.06. The van der Waals surface area contributed by atoms with Crippen molar-refractivity contribution < 1.29 is 0 Å². The molecule has 0 aromatic heterocycles. The number of nitrogens with zero attached hydrogens (tertiary/aromatic N) is 2. The summed E-state index contributed by atoms with van der Waals surface area (Å²) in [6, 6.07) is 2.73. The molecule has 0 aromatic carbocycles. The van der Waals surface area contributed by atoms with E-state index in [-0.39, 0.29) is 0 Å². The van der Waals surface area contributed by atoms with Gasteiger partial charge in [0, 0.05) is 24.7 Å². The van der Waals surface area contributed by atoms with Crippen LogP contribution >= 0.6 is 0 Å². The molecule has 4 aliphatic heterocycles. The van der Waals surface area contributed by atoms with Crippen molar-refractivity contribution in [2.24, 2.45) is 17.8 Å². The minimum atomic E-state index is 0.837. The zero-order valence-corrected chi connectivity index (χ0v) is 13.4. The topological polar surface area (TPSA) is 6.48 Å². The summed E-state index contributed by atoms with van der Waals surface area (Å²) in [6.07, 6.45) is 10.4. The molecule has 4 saturated heterocycles. The fourth-order valence-electron chi connectivity index (χ4n) is 6.24. The lowest BCUT2D eigenvalue weighted by atomic mass is 9.65. The normalized spacial score (nSPS) is 46.0. The summed E-state index contributed by atoms with van der Waals surface area (Å²) in [6.45, 7) is 9.19. The van der Waals surface area contributed by atoms with E-state index in [0.717, 1.165) is 35.9 Å². The van der Waals surface area contributed by atoms with Gasteiger partial charge in [-0.2, -0.15) is 0 Å². The number of hydrogen-bond acceptors (Lipinski definition) is 2. The molecule has 0 aliphatic carbocycles. The van der Waals surface area contributed by atoms with Crippen molar-refractivity contribution in [3.8, 4) is 0 Å². The Hall–Kier alpha value is -0.0800. The molecule has 5 atom stereocenters. The Balaban J connectivity index is 1.65. The van der Waals surface area contributed by atoms with Gasteiger partial charge in [0.25, 0.3) is 0 Å². The summed E-state index contributed by atoms with van der Waals surface area (Å²) in [5, 5.41) is 0. The maximum atomic E-state index is 2.99. The second kappa shape index (κ2) is 5.28. The van der Waals surface area contributed by atoms with E-state index in [0.29, 0.717) is 0 Å². The molecule has 114 valence electrons. The molecule has 0 saturated carbocycles. The number of rotatable bonds is 1. The summed E-state index contributed by atoms with van der Waals surface area (Å²) in [5.74, 6) is 2.80. The van der Waals surface area contributed by atoms with Crippen LogP contribution in [0.15, 0.2) is 0 Å². The van der Waals surface area contributed by atoms with Gasteiger partial charge >= 0.3 is 0 Å². The second-order valence-corrected chi connectivity index (χ2v) is 8.25. The van der Waals surface area contributed by atoms with Crippen LogP contribution in [0.3, 0.4) is 0 Å². The lowest BCUT2D eigenvalue weighted by molar-refractivity contribution is -0.118. The van der Waals surface area contributed by atoms with Gasteiger partial charge in [0.15, 0.2) is 0 Å². The molecular weight excluding hydrogens is 244 g/mol. The van der Waals surface area contributed by atoms with E-state index in [2.05, 4.69) is 23.6 Å².